The lowest BCUT2D eigenvalue weighted by molar-refractivity contribution is -0.907. The molecule has 2 saturated heterocycles. The summed E-state index contributed by atoms with van der Waals surface area (Å²) < 4.78 is 0. The first-order valence-electron chi connectivity index (χ1n) is 10.4. The van der Waals surface area contributed by atoms with Crippen molar-refractivity contribution < 1.29 is 19.3 Å². The third kappa shape index (κ3) is 3.51. The van der Waals surface area contributed by atoms with Gasteiger partial charge in [0.1, 0.15) is 0 Å². The molecule has 0 spiro atoms. The van der Waals surface area contributed by atoms with E-state index in [4.69, 9.17) is 0 Å². The summed E-state index contributed by atoms with van der Waals surface area (Å²) in [6, 6.07) is 9.72. The van der Waals surface area contributed by atoms with E-state index in [0.29, 0.717) is 0 Å². The highest BCUT2D eigenvalue weighted by Gasteiger charge is 2.50. The minimum atomic E-state index is -0.652. The molecule has 28 heavy (non-hydrogen) atoms. The van der Waals surface area contributed by atoms with E-state index in [1.54, 1.807) is 0 Å². The zero-order valence-electron chi connectivity index (χ0n) is 16.5. The monoisotopic (exact) mass is 385 g/mol. The number of urea groups is 1. The number of anilines is 1. The Balaban J connectivity index is 1.38. The van der Waals surface area contributed by atoms with Gasteiger partial charge >= 0.3 is 17.8 Å². The van der Waals surface area contributed by atoms with E-state index in [2.05, 4.69) is 24.0 Å². The summed E-state index contributed by atoms with van der Waals surface area (Å²) in [5, 5.41) is 0. The maximum Gasteiger partial charge on any atom is 0.338 e. The molecule has 3 aliphatic rings. The maximum absolute atomic E-state index is 12.9. The zero-order chi connectivity index (χ0) is 19.7. The van der Waals surface area contributed by atoms with Crippen molar-refractivity contribution in [3.8, 4) is 0 Å². The summed E-state index contributed by atoms with van der Waals surface area (Å²) in [5.74, 6) is -1.03. The molecule has 1 N–H and O–H groups in total. The molecule has 1 aromatic carbocycles. The van der Waals surface area contributed by atoms with E-state index in [-0.39, 0.29) is 18.6 Å². The van der Waals surface area contributed by atoms with E-state index in [9.17, 15) is 14.4 Å². The Morgan fingerprint density at radius 3 is 2.32 bits per heavy atom. The van der Waals surface area contributed by atoms with Gasteiger partial charge in [-0.3, -0.25) is 14.5 Å². The van der Waals surface area contributed by atoms with Crippen molar-refractivity contribution >= 4 is 23.5 Å². The van der Waals surface area contributed by atoms with E-state index in [1.165, 1.54) is 20.4 Å². The van der Waals surface area contributed by atoms with Gasteiger partial charge in [-0.15, -0.1) is 0 Å². The Kier molecular flexibility index (Phi) is 5.35. The van der Waals surface area contributed by atoms with E-state index in [0.717, 1.165) is 51.9 Å². The number of hydrogen-bond donors (Lipinski definition) is 1. The number of piperazine rings is 1. The van der Waals surface area contributed by atoms with Crippen LogP contribution in [0.2, 0.25) is 0 Å². The quantitative estimate of drug-likeness (QED) is 0.613. The predicted molar refractivity (Wildman–Crippen MR) is 105 cm³/mol. The molecule has 0 unspecified atom stereocenters. The highest BCUT2D eigenvalue weighted by Crippen LogP contribution is 2.30. The number of benzene rings is 1. The third-order valence-electron chi connectivity index (χ3n) is 6.46. The molecular weight excluding hydrogens is 356 g/mol. The van der Waals surface area contributed by atoms with Gasteiger partial charge in [-0.05, 0) is 30.9 Å². The van der Waals surface area contributed by atoms with Crippen LogP contribution in [0.5, 0.6) is 0 Å². The predicted octanol–water partition coefficient (Wildman–Crippen LogP) is 0.719. The average Bonchev–Trinajstić information content (AvgIpc) is 2.93. The summed E-state index contributed by atoms with van der Waals surface area (Å²) in [4.78, 5) is 43.9. The first-order chi connectivity index (χ1) is 13.6. The van der Waals surface area contributed by atoms with E-state index in [1.807, 2.05) is 18.2 Å². The smallest absolute Gasteiger partial charge is 0.338 e. The molecule has 0 radical (unpaired) electrons. The number of carbonyl (C=O) groups excluding carboxylic acids is 3. The van der Waals surface area contributed by atoms with E-state index < -0.39 is 17.8 Å². The van der Waals surface area contributed by atoms with Crippen LogP contribution >= 0.6 is 0 Å². The number of nitrogens with zero attached hydrogens (tertiary/aromatic N) is 3. The van der Waals surface area contributed by atoms with Crippen molar-refractivity contribution in [1.82, 2.24) is 9.80 Å². The minimum Gasteiger partial charge on any atom is -0.360 e. The highest BCUT2D eigenvalue weighted by atomic mass is 16.2. The molecule has 1 aromatic rings. The van der Waals surface area contributed by atoms with Crippen LogP contribution in [-0.4, -0.2) is 66.5 Å². The Labute approximate surface area is 165 Å². The molecule has 7 heteroatoms. The molecule has 150 valence electrons. The number of rotatable bonds is 4. The van der Waals surface area contributed by atoms with Gasteiger partial charge < -0.3 is 9.80 Å². The van der Waals surface area contributed by atoms with Crippen LogP contribution in [0.4, 0.5) is 10.5 Å². The van der Waals surface area contributed by atoms with Crippen molar-refractivity contribution in [2.45, 2.75) is 38.6 Å². The maximum atomic E-state index is 12.9. The number of hydrogen-bond acceptors (Lipinski definition) is 4. The van der Waals surface area contributed by atoms with Crippen molar-refractivity contribution in [3.05, 3.63) is 30.3 Å². The van der Waals surface area contributed by atoms with E-state index >= 15 is 0 Å². The Bertz CT molecular complexity index is 745. The molecule has 3 fully saturated rings. The number of quaternary nitrogens is 1. The lowest BCUT2D eigenvalue weighted by Gasteiger charge is -2.35. The first kappa shape index (κ1) is 18.9. The van der Waals surface area contributed by atoms with Gasteiger partial charge in [0.25, 0.3) is 0 Å². The van der Waals surface area contributed by atoms with Gasteiger partial charge in [0.15, 0.2) is 6.67 Å². The van der Waals surface area contributed by atoms with Gasteiger partial charge in [0, 0.05) is 11.7 Å². The third-order valence-corrected chi connectivity index (χ3v) is 6.46. The van der Waals surface area contributed by atoms with Crippen molar-refractivity contribution in [1.29, 1.82) is 0 Å². The van der Waals surface area contributed by atoms with Crippen molar-refractivity contribution in [3.63, 3.8) is 0 Å². The fourth-order valence-corrected chi connectivity index (χ4v) is 4.74. The van der Waals surface area contributed by atoms with Gasteiger partial charge in [0.05, 0.1) is 26.2 Å². The molecule has 1 aliphatic carbocycles. The van der Waals surface area contributed by atoms with Gasteiger partial charge in [0.2, 0.25) is 0 Å². The fourth-order valence-electron chi connectivity index (χ4n) is 4.74. The SMILES string of the molecule is C[C@H]1CCCC[C@@H]1N1C(=O)C(=O)N(C[NH+]2CCN(c3ccccc3)CC2)C1=O. The number of imide groups is 2. The first-order valence-corrected chi connectivity index (χ1v) is 10.4. The number of nitrogens with one attached hydrogen (secondary N) is 1. The molecule has 2 heterocycles. The van der Waals surface area contributed by atoms with Crippen LogP contribution in [0, 0.1) is 5.92 Å². The van der Waals surface area contributed by atoms with Gasteiger partial charge in [-0.1, -0.05) is 38.0 Å². The minimum absolute atomic E-state index is 0.132. The summed E-state index contributed by atoms with van der Waals surface area (Å²) in [6.45, 7) is 5.76. The topological polar surface area (TPSA) is 65.4 Å². The molecule has 2 atom stereocenters. The highest BCUT2D eigenvalue weighted by molar-refractivity contribution is 6.44. The van der Waals surface area contributed by atoms with Crippen molar-refractivity contribution in [2.75, 3.05) is 37.7 Å². The second kappa shape index (κ2) is 7.91. The van der Waals surface area contributed by atoms with Crippen LogP contribution < -0.4 is 9.80 Å². The van der Waals surface area contributed by atoms with Crippen LogP contribution in [0.15, 0.2) is 30.3 Å². The van der Waals surface area contributed by atoms with Crippen LogP contribution in [0.25, 0.3) is 0 Å². The molecule has 0 aromatic heterocycles. The molecule has 0 bridgehead atoms. The molecule has 4 rings (SSSR count). The number of para-hydroxylation sites is 1. The van der Waals surface area contributed by atoms with Crippen LogP contribution in [-0.2, 0) is 9.59 Å². The molecule has 7 nitrogen and oxygen atoms in total. The lowest BCUT2D eigenvalue weighted by Crippen LogP contribution is -3.16. The van der Waals surface area contributed by atoms with Crippen LogP contribution in [0.1, 0.15) is 32.6 Å². The standard InChI is InChI=1S/C21H28N4O3/c1-16-7-5-6-10-18(16)25-20(27)19(26)24(21(25)28)15-22-11-13-23(14-12-22)17-8-3-2-4-9-17/h2-4,8-9,16,18H,5-7,10-15H2,1H3/p+1/t16-,18-/m0/s1. The average molecular weight is 385 g/mol. The summed E-state index contributed by atoms with van der Waals surface area (Å²) in [5.41, 5.74) is 1.20. The summed E-state index contributed by atoms with van der Waals surface area (Å²) >= 11 is 0. The Hall–Kier alpha value is -2.41. The molecule has 4 amide bonds. The summed E-state index contributed by atoms with van der Waals surface area (Å²) in [7, 11) is 0. The lowest BCUT2D eigenvalue weighted by atomic mass is 9.85. The number of carbonyl (C=O) groups is 3. The van der Waals surface area contributed by atoms with Crippen LogP contribution in [0.3, 0.4) is 0 Å². The van der Waals surface area contributed by atoms with Crippen molar-refractivity contribution in [2.24, 2.45) is 5.92 Å². The molecular formula is C21H29N4O3+. The van der Waals surface area contributed by atoms with Gasteiger partial charge in [-0.2, -0.15) is 0 Å². The molecule has 2 aliphatic heterocycles. The van der Waals surface area contributed by atoms with Gasteiger partial charge in [-0.25, -0.2) is 9.69 Å². The second-order valence-electron chi connectivity index (χ2n) is 8.25. The zero-order valence-corrected chi connectivity index (χ0v) is 16.5. The largest absolute Gasteiger partial charge is 0.360 e. The fraction of sp³-hybridized carbons (Fsp3) is 0.571. The molecule has 1 saturated carbocycles. The Morgan fingerprint density at radius 2 is 1.64 bits per heavy atom. The summed E-state index contributed by atoms with van der Waals surface area (Å²) in [6.07, 6.45) is 3.94. The number of amides is 4. The Morgan fingerprint density at radius 1 is 0.964 bits per heavy atom. The normalized spacial score (nSPS) is 27.0. The second-order valence-corrected chi connectivity index (χ2v) is 8.25.